The minimum atomic E-state index is -4.34. The summed E-state index contributed by atoms with van der Waals surface area (Å²) in [4.78, 5) is 23.3. The van der Waals surface area contributed by atoms with Crippen molar-refractivity contribution in [1.29, 1.82) is 0 Å². The van der Waals surface area contributed by atoms with Crippen molar-refractivity contribution in [3.8, 4) is 0 Å². The first-order chi connectivity index (χ1) is 31.0. The molecule has 0 saturated heterocycles. The van der Waals surface area contributed by atoms with E-state index in [4.69, 9.17) is 9.05 Å². The van der Waals surface area contributed by atoms with Crippen molar-refractivity contribution in [1.82, 2.24) is 5.32 Å². The SMILES string of the molecule is CCCCCCCCCCCCCC/C=C\CCCCCCCCCCCC(=O)NC(COP(=O)(O)OCC[N+](C)(C)C)C(O)/C=C/CCCCCCCCCCCCCCCCC. The lowest BCUT2D eigenvalue weighted by atomic mass is 10.0. The van der Waals surface area contributed by atoms with E-state index in [1.165, 1.54) is 212 Å². The summed E-state index contributed by atoms with van der Waals surface area (Å²) in [6.45, 7) is 4.85. The second-order valence-corrected chi connectivity index (χ2v) is 21.8. The summed E-state index contributed by atoms with van der Waals surface area (Å²) in [6, 6.07) is -0.845. The minimum absolute atomic E-state index is 0.0627. The van der Waals surface area contributed by atoms with Crippen LogP contribution in [0.4, 0.5) is 0 Å². The van der Waals surface area contributed by atoms with E-state index in [1.54, 1.807) is 6.08 Å². The van der Waals surface area contributed by atoms with Crippen molar-refractivity contribution in [2.45, 2.75) is 283 Å². The van der Waals surface area contributed by atoms with E-state index in [0.29, 0.717) is 17.4 Å². The number of likely N-dealkylation sites (N-methyl/N-ethyl adjacent to an activating group) is 1. The molecule has 0 aromatic heterocycles. The van der Waals surface area contributed by atoms with E-state index >= 15 is 0 Å². The van der Waals surface area contributed by atoms with Crippen LogP contribution in [0.15, 0.2) is 24.3 Å². The average molecular weight is 926 g/mol. The summed E-state index contributed by atoms with van der Waals surface area (Å²) in [6.07, 6.45) is 58.4. The van der Waals surface area contributed by atoms with Gasteiger partial charge < -0.3 is 19.8 Å². The van der Waals surface area contributed by atoms with Crippen LogP contribution in [0, 0.1) is 0 Å². The number of amides is 1. The Morgan fingerprint density at radius 2 is 0.844 bits per heavy atom. The van der Waals surface area contributed by atoms with Gasteiger partial charge in [0.25, 0.3) is 0 Å². The third kappa shape index (κ3) is 48.9. The molecule has 380 valence electrons. The van der Waals surface area contributed by atoms with Gasteiger partial charge in [-0.1, -0.05) is 244 Å². The number of quaternary nitrogens is 1. The Balaban J connectivity index is 4.20. The summed E-state index contributed by atoms with van der Waals surface area (Å²) in [5.74, 6) is -0.176. The van der Waals surface area contributed by atoms with Crippen LogP contribution in [0.5, 0.6) is 0 Å². The lowest BCUT2D eigenvalue weighted by Gasteiger charge is -2.25. The van der Waals surface area contributed by atoms with E-state index in [0.717, 1.165) is 38.5 Å². The summed E-state index contributed by atoms with van der Waals surface area (Å²) in [7, 11) is 1.58. The molecular weight excluding hydrogens is 816 g/mol. The molecule has 0 heterocycles. The van der Waals surface area contributed by atoms with E-state index in [1.807, 2.05) is 27.2 Å². The molecular formula is C55H110N2O6P+. The molecule has 0 rings (SSSR count). The second kappa shape index (κ2) is 47.1. The number of carbonyl (C=O) groups is 1. The maximum atomic E-state index is 13.0. The Hall–Kier alpha value is -1.02. The predicted octanol–water partition coefficient (Wildman–Crippen LogP) is 16.4. The van der Waals surface area contributed by atoms with Gasteiger partial charge in [0.1, 0.15) is 13.2 Å². The Labute approximate surface area is 398 Å². The van der Waals surface area contributed by atoms with Gasteiger partial charge in [-0.2, -0.15) is 0 Å². The van der Waals surface area contributed by atoms with Crippen molar-refractivity contribution in [2.24, 2.45) is 0 Å². The Morgan fingerprint density at radius 1 is 0.516 bits per heavy atom. The quantitative estimate of drug-likeness (QED) is 0.0243. The van der Waals surface area contributed by atoms with Gasteiger partial charge in [-0.15, -0.1) is 0 Å². The molecule has 0 aliphatic carbocycles. The van der Waals surface area contributed by atoms with Gasteiger partial charge in [0.15, 0.2) is 0 Å². The summed E-state index contributed by atoms with van der Waals surface area (Å²) in [5.41, 5.74) is 0. The molecule has 3 atom stereocenters. The lowest BCUT2D eigenvalue weighted by molar-refractivity contribution is -0.870. The van der Waals surface area contributed by atoms with Crippen LogP contribution in [0.2, 0.25) is 0 Å². The van der Waals surface area contributed by atoms with Gasteiger partial charge in [-0.25, -0.2) is 4.57 Å². The van der Waals surface area contributed by atoms with Crippen LogP contribution in [0.25, 0.3) is 0 Å². The molecule has 0 aromatic carbocycles. The van der Waals surface area contributed by atoms with Crippen LogP contribution in [0.1, 0.15) is 271 Å². The average Bonchev–Trinajstić information content (AvgIpc) is 3.25. The largest absolute Gasteiger partial charge is 0.472 e. The summed E-state index contributed by atoms with van der Waals surface area (Å²) in [5, 5.41) is 13.9. The number of phosphoric ester groups is 1. The van der Waals surface area contributed by atoms with Crippen LogP contribution < -0.4 is 5.32 Å². The molecule has 3 unspecified atom stereocenters. The number of unbranched alkanes of at least 4 members (excludes halogenated alkanes) is 36. The first-order valence-corrected chi connectivity index (χ1v) is 29.2. The first kappa shape index (κ1) is 63.0. The zero-order valence-electron chi connectivity index (χ0n) is 43.3. The third-order valence-corrected chi connectivity index (χ3v) is 13.6. The number of rotatable bonds is 51. The molecule has 0 aliphatic rings. The molecule has 0 fully saturated rings. The normalized spacial score (nSPS) is 14.2. The number of hydrogen-bond donors (Lipinski definition) is 3. The Kier molecular flexibility index (Phi) is 46.3. The molecule has 1 amide bonds. The molecule has 0 aromatic rings. The third-order valence-electron chi connectivity index (χ3n) is 12.7. The first-order valence-electron chi connectivity index (χ1n) is 27.7. The maximum absolute atomic E-state index is 13.0. The summed E-state index contributed by atoms with van der Waals surface area (Å²) >= 11 is 0. The van der Waals surface area contributed by atoms with Crippen molar-refractivity contribution < 1.29 is 32.9 Å². The van der Waals surface area contributed by atoms with Crippen LogP contribution >= 0.6 is 7.82 Å². The number of nitrogens with one attached hydrogen (secondary N) is 1. The zero-order chi connectivity index (χ0) is 47.1. The van der Waals surface area contributed by atoms with Gasteiger partial charge in [0, 0.05) is 6.42 Å². The predicted molar refractivity (Wildman–Crippen MR) is 277 cm³/mol. The topological polar surface area (TPSA) is 105 Å². The molecule has 8 nitrogen and oxygen atoms in total. The second-order valence-electron chi connectivity index (χ2n) is 20.3. The van der Waals surface area contributed by atoms with Gasteiger partial charge in [-0.3, -0.25) is 13.8 Å². The lowest BCUT2D eigenvalue weighted by Crippen LogP contribution is -2.45. The van der Waals surface area contributed by atoms with Gasteiger partial charge >= 0.3 is 7.82 Å². The highest BCUT2D eigenvalue weighted by atomic mass is 31.2. The monoisotopic (exact) mass is 926 g/mol. The highest BCUT2D eigenvalue weighted by molar-refractivity contribution is 7.47. The van der Waals surface area contributed by atoms with Crippen LogP contribution in [-0.2, 0) is 18.4 Å². The molecule has 0 aliphatic heterocycles. The van der Waals surface area contributed by atoms with E-state index in [9.17, 15) is 19.4 Å². The van der Waals surface area contributed by atoms with E-state index < -0.39 is 20.0 Å². The number of aliphatic hydroxyl groups excluding tert-OH is 1. The van der Waals surface area contributed by atoms with Gasteiger partial charge in [0.2, 0.25) is 5.91 Å². The fourth-order valence-electron chi connectivity index (χ4n) is 8.27. The molecule has 3 N–H and O–H groups in total. The Morgan fingerprint density at radius 3 is 1.20 bits per heavy atom. The fraction of sp³-hybridized carbons (Fsp3) is 0.909. The standard InChI is InChI=1S/C55H109N2O6P/c1-6-8-10-12-14-16-18-20-22-24-25-26-27-28-29-30-31-33-35-37-39-41-43-45-47-49-55(59)56-53(52-63-64(60,61)62-51-50-57(3,4)5)54(58)48-46-44-42-40-38-36-34-32-23-21-19-17-15-13-11-9-7-2/h28-29,46,48,53-54,58H,6-27,30-45,47,49-52H2,1-5H3,(H-,56,59,60,61)/p+1/b29-28-,48-46+. The number of nitrogens with zero attached hydrogens (tertiary/aromatic N) is 1. The van der Waals surface area contributed by atoms with Crippen molar-refractivity contribution >= 4 is 13.7 Å². The number of allylic oxidation sites excluding steroid dienone is 3. The minimum Gasteiger partial charge on any atom is -0.387 e. The molecule has 0 saturated carbocycles. The zero-order valence-corrected chi connectivity index (χ0v) is 44.2. The van der Waals surface area contributed by atoms with E-state index in [2.05, 4.69) is 31.3 Å². The van der Waals surface area contributed by atoms with E-state index in [-0.39, 0.29) is 19.1 Å². The van der Waals surface area contributed by atoms with Gasteiger partial charge in [-0.05, 0) is 44.9 Å². The van der Waals surface area contributed by atoms with Crippen molar-refractivity contribution in [3.63, 3.8) is 0 Å². The van der Waals surface area contributed by atoms with Crippen LogP contribution in [0.3, 0.4) is 0 Å². The van der Waals surface area contributed by atoms with Crippen molar-refractivity contribution in [3.05, 3.63) is 24.3 Å². The summed E-state index contributed by atoms with van der Waals surface area (Å²) < 4.78 is 23.7. The van der Waals surface area contributed by atoms with Crippen LogP contribution in [-0.4, -0.2) is 73.4 Å². The molecule has 0 radical (unpaired) electrons. The van der Waals surface area contributed by atoms with Gasteiger partial charge in [0.05, 0.1) is 39.9 Å². The number of phosphoric acid groups is 1. The number of carbonyl (C=O) groups excluding carboxylic acids is 1. The number of hydrogen-bond acceptors (Lipinski definition) is 5. The fourth-order valence-corrected chi connectivity index (χ4v) is 9.01. The molecule has 0 bridgehead atoms. The van der Waals surface area contributed by atoms with Crippen molar-refractivity contribution in [2.75, 3.05) is 40.9 Å². The number of aliphatic hydroxyl groups is 1. The molecule has 64 heavy (non-hydrogen) atoms. The molecule has 9 heteroatoms. The maximum Gasteiger partial charge on any atom is 0.472 e. The highest BCUT2D eigenvalue weighted by Crippen LogP contribution is 2.43. The Bertz CT molecular complexity index is 1090. The highest BCUT2D eigenvalue weighted by Gasteiger charge is 2.27. The molecule has 0 spiro atoms. The smallest absolute Gasteiger partial charge is 0.387 e.